The molecule has 0 saturated carbocycles. The Labute approximate surface area is 175 Å². The molecule has 0 unspecified atom stereocenters. The molecule has 0 aliphatic carbocycles. The molecular weight excluding hydrogens is 380 g/mol. The minimum atomic E-state index is -1.87. The molecule has 0 aromatic heterocycles. The molecule has 1 rings (SSSR count). The maximum absolute atomic E-state index is 12.3. The van der Waals surface area contributed by atoms with Gasteiger partial charge in [0.2, 0.25) is 0 Å². The highest BCUT2D eigenvalue weighted by atomic mass is 28.4. The van der Waals surface area contributed by atoms with E-state index in [0.29, 0.717) is 12.0 Å². The molecular formula is C23H42O3Si2. The fourth-order valence-electron chi connectivity index (χ4n) is 3.48. The van der Waals surface area contributed by atoms with Gasteiger partial charge in [0.1, 0.15) is 0 Å². The molecule has 1 aromatic rings. The summed E-state index contributed by atoms with van der Waals surface area (Å²) in [5, 5.41) is 1.58. The van der Waals surface area contributed by atoms with Crippen molar-refractivity contribution >= 4 is 27.5 Å². The van der Waals surface area contributed by atoms with Crippen LogP contribution in [-0.4, -0.2) is 35.6 Å². The van der Waals surface area contributed by atoms with Gasteiger partial charge in [0, 0.05) is 12.5 Å². The van der Waals surface area contributed by atoms with E-state index in [-0.39, 0.29) is 17.1 Å². The Morgan fingerprint density at radius 1 is 1.07 bits per heavy atom. The predicted octanol–water partition coefficient (Wildman–Crippen LogP) is 6.12. The number of esters is 1. The third-order valence-corrected chi connectivity index (χ3v) is 15.4. The van der Waals surface area contributed by atoms with Crippen molar-refractivity contribution in [2.45, 2.75) is 96.2 Å². The fraction of sp³-hybridized carbons (Fsp3) is 0.696. The molecule has 0 bridgehead atoms. The van der Waals surface area contributed by atoms with Crippen molar-refractivity contribution in [3.05, 3.63) is 30.3 Å². The number of ether oxygens (including phenoxy) is 1. The van der Waals surface area contributed by atoms with Crippen LogP contribution in [0.15, 0.2) is 30.3 Å². The van der Waals surface area contributed by atoms with E-state index in [0.717, 1.165) is 19.3 Å². The largest absolute Gasteiger partial charge is 0.469 e. The van der Waals surface area contributed by atoms with Gasteiger partial charge in [0.25, 0.3) is 0 Å². The minimum absolute atomic E-state index is 0.107. The van der Waals surface area contributed by atoms with Gasteiger partial charge in [-0.3, -0.25) is 4.79 Å². The van der Waals surface area contributed by atoms with Crippen molar-refractivity contribution in [1.29, 1.82) is 0 Å². The zero-order valence-electron chi connectivity index (χ0n) is 19.6. The third-order valence-electron chi connectivity index (χ3n) is 6.60. The van der Waals surface area contributed by atoms with Crippen LogP contribution in [0, 0.1) is 0 Å². The van der Waals surface area contributed by atoms with Gasteiger partial charge in [-0.1, -0.05) is 82.7 Å². The molecule has 0 aliphatic heterocycles. The summed E-state index contributed by atoms with van der Waals surface area (Å²) < 4.78 is 11.9. The zero-order valence-corrected chi connectivity index (χ0v) is 21.6. The monoisotopic (exact) mass is 422 g/mol. The molecule has 28 heavy (non-hydrogen) atoms. The van der Waals surface area contributed by atoms with Crippen LogP contribution in [0.25, 0.3) is 0 Å². The number of hydrogen-bond acceptors (Lipinski definition) is 3. The maximum Gasteiger partial charge on any atom is 0.305 e. The lowest BCUT2D eigenvalue weighted by Gasteiger charge is -2.42. The molecule has 1 aromatic carbocycles. The van der Waals surface area contributed by atoms with Crippen LogP contribution in [0.3, 0.4) is 0 Å². The van der Waals surface area contributed by atoms with Gasteiger partial charge in [-0.25, -0.2) is 0 Å². The van der Waals surface area contributed by atoms with Crippen molar-refractivity contribution in [3.8, 4) is 0 Å². The molecule has 0 saturated heterocycles. The standard InChI is InChI=1S/C23H42O3Si2/c1-10-14-19(26-28(8,9)23(2,3)4)17-21(18-22(24)25-5)27(6,7)20-15-12-11-13-16-20/h11-13,15-16,19,21H,10,14,17-18H2,1-9H3/t19-,21+/m0/s1. The number of carbonyl (C=O) groups excluding carboxylic acids is 1. The molecule has 5 heteroatoms. The van der Waals surface area contributed by atoms with Gasteiger partial charge >= 0.3 is 5.97 Å². The number of rotatable bonds is 10. The molecule has 3 nitrogen and oxygen atoms in total. The second-order valence-corrected chi connectivity index (χ2v) is 19.7. The van der Waals surface area contributed by atoms with Crippen LogP contribution in [-0.2, 0) is 14.0 Å². The fourth-order valence-corrected chi connectivity index (χ4v) is 7.93. The van der Waals surface area contributed by atoms with Crippen molar-refractivity contribution in [2.75, 3.05) is 7.11 Å². The van der Waals surface area contributed by atoms with Crippen molar-refractivity contribution in [1.82, 2.24) is 0 Å². The summed E-state index contributed by atoms with van der Waals surface area (Å²) in [5.41, 5.74) is 0.295. The van der Waals surface area contributed by atoms with Gasteiger partial charge in [-0.15, -0.1) is 0 Å². The van der Waals surface area contributed by atoms with E-state index >= 15 is 0 Å². The van der Waals surface area contributed by atoms with Gasteiger partial charge in [-0.2, -0.15) is 0 Å². The van der Waals surface area contributed by atoms with E-state index in [4.69, 9.17) is 9.16 Å². The topological polar surface area (TPSA) is 35.5 Å². The lowest BCUT2D eigenvalue weighted by Crippen LogP contribution is -2.49. The minimum Gasteiger partial charge on any atom is -0.469 e. The molecule has 0 aliphatic rings. The van der Waals surface area contributed by atoms with Crippen LogP contribution in [0.2, 0.25) is 36.8 Å². The summed E-state index contributed by atoms with van der Waals surface area (Å²) in [4.78, 5) is 12.3. The van der Waals surface area contributed by atoms with Crippen molar-refractivity contribution in [3.63, 3.8) is 0 Å². The summed E-state index contributed by atoms with van der Waals surface area (Å²) in [6, 6.07) is 10.7. The second-order valence-electron chi connectivity index (χ2n) is 10.1. The molecule has 0 fully saturated rings. The van der Waals surface area contributed by atoms with Crippen molar-refractivity contribution in [2.24, 2.45) is 0 Å². The third kappa shape index (κ3) is 6.85. The average Bonchev–Trinajstić information content (AvgIpc) is 2.60. The Kier molecular flexibility index (Phi) is 9.16. The predicted molar refractivity (Wildman–Crippen MR) is 126 cm³/mol. The van der Waals surface area contributed by atoms with E-state index in [1.54, 1.807) is 0 Å². The van der Waals surface area contributed by atoms with E-state index in [9.17, 15) is 4.79 Å². The Morgan fingerprint density at radius 2 is 1.64 bits per heavy atom. The lowest BCUT2D eigenvalue weighted by atomic mass is 10.1. The van der Waals surface area contributed by atoms with Gasteiger partial charge in [0.15, 0.2) is 8.32 Å². The molecule has 0 heterocycles. The van der Waals surface area contributed by atoms with Crippen LogP contribution in [0.1, 0.15) is 53.4 Å². The van der Waals surface area contributed by atoms with Crippen LogP contribution in [0.5, 0.6) is 0 Å². The first kappa shape index (κ1) is 25.1. The number of benzene rings is 1. The Hall–Kier alpha value is -0.916. The highest BCUT2D eigenvalue weighted by Crippen LogP contribution is 2.40. The molecule has 160 valence electrons. The summed E-state index contributed by atoms with van der Waals surface area (Å²) in [6.45, 7) is 18.5. The highest BCUT2D eigenvalue weighted by Gasteiger charge is 2.42. The van der Waals surface area contributed by atoms with E-state index in [1.807, 2.05) is 0 Å². The number of carbonyl (C=O) groups is 1. The molecule has 0 amide bonds. The van der Waals surface area contributed by atoms with Gasteiger partial charge < -0.3 is 9.16 Å². The summed E-state index contributed by atoms with van der Waals surface area (Å²) in [5.74, 6) is -0.107. The summed E-state index contributed by atoms with van der Waals surface area (Å²) >= 11 is 0. The Morgan fingerprint density at radius 3 is 2.11 bits per heavy atom. The first-order chi connectivity index (χ1) is 12.8. The number of methoxy groups -OCH3 is 1. The lowest BCUT2D eigenvalue weighted by molar-refractivity contribution is -0.140. The number of hydrogen-bond donors (Lipinski definition) is 0. The van der Waals surface area contributed by atoms with E-state index in [1.165, 1.54) is 12.3 Å². The molecule has 0 N–H and O–H groups in total. The SMILES string of the molecule is CCC[C@@H](C[C@H](CC(=O)OC)[Si](C)(C)c1ccccc1)O[Si](C)(C)C(C)(C)C. The quantitative estimate of drug-likeness (QED) is 0.337. The Balaban J connectivity index is 3.16. The highest BCUT2D eigenvalue weighted by molar-refractivity contribution is 6.91. The van der Waals surface area contributed by atoms with Crippen LogP contribution < -0.4 is 5.19 Å². The van der Waals surface area contributed by atoms with Crippen LogP contribution in [0.4, 0.5) is 0 Å². The van der Waals surface area contributed by atoms with Gasteiger partial charge in [-0.05, 0) is 36.5 Å². The second kappa shape index (κ2) is 10.2. The van der Waals surface area contributed by atoms with E-state index in [2.05, 4.69) is 84.2 Å². The summed E-state index contributed by atoms with van der Waals surface area (Å²) in [6.07, 6.45) is 3.76. The average molecular weight is 423 g/mol. The van der Waals surface area contributed by atoms with Crippen molar-refractivity contribution < 1.29 is 14.0 Å². The molecule has 2 atom stereocenters. The van der Waals surface area contributed by atoms with Gasteiger partial charge in [0.05, 0.1) is 15.2 Å². The molecule has 0 spiro atoms. The smallest absolute Gasteiger partial charge is 0.305 e. The van der Waals surface area contributed by atoms with Crippen LogP contribution >= 0.6 is 0 Å². The first-order valence-electron chi connectivity index (χ1n) is 10.6. The Bertz CT molecular complexity index is 606. The van der Waals surface area contributed by atoms with E-state index < -0.39 is 16.4 Å². The zero-order chi connectivity index (χ0) is 21.6. The summed E-state index contributed by atoms with van der Waals surface area (Å²) in [7, 11) is -2.23. The first-order valence-corrected chi connectivity index (χ1v) is 16.6. The molecule has 0 radical (unpaired) electrons. The maximum atomic E-state index is 12.3. The normalized spacial score (nSPS) is 15.2.